The molecule has 1 aromatic carbocycles. The number of nitrogens with one attached hydrogen (secondary N) is 1. The molecule has 2 fully saturated rings. The summed E-state index contributed by atoms with van der Waals surface area (Å²) in [5.74, 6) is 0.190. The van der Waals surface area contributed by atoms with Crippen molar-refractivity contribution in [3.05, 3.63) is 63.7 Å². The van der Waals surface area contributed by atoms with Gasteiger partial charge in [0, 0.05) is 56.8 Å². The minimum Gasteiger partial charge on any atom is -0.502 e. The van der Waals surface area contributed by atoms with Crippen LogP contribution in [-0.4, -0.2) is 48.3 Å². The van der Waals surface area contributed by atoms with E-state index in [1.165, 1.54) is 11.6 Å². The second-order valence-corrected chi connectivity index (χ2v) is 9.07. The van der Waals surface area contributed by atoms with Crippen LogP contribution in [-0.2, 0) is 21.5 Å². The van der Waals surface area contributed by atoms with Crippen LogP contribution in [0.5, 0.6) is 5.75 Å². The lowest BCUT2D eigenvalue weighted by molar-refractivity contribution is -0.124. The van der Waals surface area contributed by atoms with E-state index in [0.717, 1.165) is 32.5 Å². The Hall–Kier alpha value is -2.64. The van der Waals surface area contributed by atoms with Crippen LogP contribution in [0.2, 0.25) is 0 Å². The van der Waals surface area contributed by atoms with Crippen molar-refractivity contribution in [3.63, 3.8) is 0 Å². The zero-order chi connectivity index (χ0) is 22.6. The van der Waals surface area contributed by atoms with E-state index in [1.54, 1.807) is 6.92 Å². The van der Waals surface area contributed by atoms with Gasteiger partial charge in [0.1, 0.15) is 5.76 Å². The van der Waals surface area contributed by atoms with Crippen LogP contribution >= 0.6 is 0 Å². The summed E-state index contributed by atoms with van der Waals surface area (Å²) in [6.45, 7) is 5.40. The van der Waals surface area contributed by atoms with Gasteiger partial charge < -0.3 is 19.6 Å². The van der Waals surface area contributed by atoms with E-state index in [4.69, 9.17) is 9.15 Å². The van der Waals surface area contributed by atoms with Gasteiger partial charge in [-0.2, -0.15) is 0 Å². The fourth-order valence-electron chi connectivity index (χ4n) is 4.87. The molecule has 1 aromatic heterocycles. The number of carbonyl (C=O) groups excluding carboxylic acids is 1. The Labute approximate surface area is 188 Å². The number of hydrogen-bond donors (Lipinski definition) is 2. The average molecular weight is 441 g/mol. The number of rotatable bonds is 6. The van der Waals surface area contributed by atoms with Crippen LogP contribution in [0.1, 0.15) is 49.2 Å². The zero-order valence-electron chi connectivity index (χ0n) is 18.6. The molecule has 2 aliphatic rings. The van der Waals surface area contributed by atoms with Crippen LogP contribution in [0.3, 0.4) is 0 Å². The number of aryl methyl sites for hydroxylation is 1. The molecule has 2 aromatic rings. The van der Waals surface area contributed by atoms with Gasteiger partial charge in [0.25, 0.3) is 0 Å². The predicted molar refractivity (Wildman–Crippen MR) is 121 cm³/mol. The highest BCUT2D eigenvalue weighted by molar-refractivity contribution is 5.78. The molecule has 0 aliphatic carbocycles. The molecular weight excluding hydrogens is 408 g/mol. The normalized spacial score (nSPS) is 19.5. The minimum absolute atomic E-state index is 0.0723. The molecule has 0 unspecified atom stereocenters. The summed E-state index contributed by atoms with van der Waals surface area (Å²) in [5, 5.41) is 13.6. The van der Waals surface area contributed by atoms with E-state index in [9.17, 15) is 14.7 Å². The molecule has 1 amide bonds. The van der Waals surface area contributed by atoms with Crippen LogP contribution in [0, 0.1) is 6.92 Å². The molecule has 0 saturated carbocycles. The maximum atomic E-state index is 13.0. The van der Waals surface area contributed by atoms with Crippen LogP contribution in [0.15, 0.2) is 45.6 Å². The molecule has 2 aliphatic heterocycles. The lowest BCUT2D eigenvalue weighted by atomic mass is 9.74. The summed E-state index contributed by atoms with van der Waals surface area (Å²) in [4.78, 5) is 27.6. The molecule has 172 valence electrons. The first-order chi connectivity index (χ1) is 15.4. The number of nitrogens with zero attached hydrogens (tertiary/aromatic N) is 1. The number of carbonyl (C=O) groups is 1. The highest BCUT2D eigenvalue weighted by atomic mass is 16.5. The number of aromatic hydroxyl groups is 1. The van der Waals surface area contributed by atoms with Crippen molar-refractivity contribution in [2.75, 3.05) is 26.3 Å². The van der Waals surface area contributed by atoms with E-state index in [1.807, 2.05) is 6.07 Å². The number of hydrogen-bond acceptors (Lipinski definition) is 6. The van der Waals surface area contributed by atoms with Crippen LogP contribution in [0.4, 0.5) is 0 Å². The third-order valence-corrected chi connectivity index (χ3v) is 6.68. The molecule has 7 heteroatoms. The molecule has 0 atom stereocenters. The van der Waals surface area contributed by atoms with Crippen molar-refractivity contribution in [2.45, 2.75) is 57.0 Å². The van der Waals surface area contributed by atoms with Gasteiger partial charge in [0.15, 0.2) is 5.76 Å². The van der Waals surface area contributed by atoms with Crippen molar-refractivity contribution < 1.29 is 19.1 Å². The van der Waals surface area contributed by atoms with Gasteiger partial charge >= 0.3 is 0 Å². The molecule has 4 rings (SSSR count). The van der Waals surface area contributed by atoms with E-state index in [0.29, 0.717) is 31.8 Å². The Morgan fingerprint density at radius 1 is 1.19 bits per heavy atom. The molecule has 7 nitrogen and oxygen atoms in total. The van der Waals surface area contributed by atoms with Gasteiger partial charge in [-0.15, -0.1) is 0 Å². The summed E-state index contributed by atoms with van der Waals surface area (Å²) in [7, 11) is 0. The Balaban J connectivity index is 1.38. The van der Waals surface area contributed by atoms with E-state index >= 15 is 0 Å². The van der Waals surface area contributed by atoms with Gasteiger partial charge in [0.05, 0.1) is 0 Å². The Bertz CT molecular complexity index is 974. The summed E-state index contributed by atoms with van der Waals surface area (Å²) < 4.78 is 11.3. The Morgan fingerprint density at radius 3 is 2.56 bits per heavy atom. The number of benzene rings is 1. The summed E-state index contributed by atoms with van der Waals surface area (Å²) >= 11 is 0. The molecular formula is C25H32N2O5. The standard InChI is InChI=1S/C25H32N2O5/c1-18-15-21(28)23(30)24(32-18)25(9-13-31-14-10-25)16-22(29)26-20-7-11-27(12-8-20)17-19-5-3-2-4-6-19/h2-6,15,20,30H,7-14,16-17H2,1H3,(H,26,29). The first-order valence-electron chi connectivity index (χ1n) is 11.4. The number of piperidine rings is 1. The Morgan fingerprint density at radius 2 is 1.88 bits per heavy atom. The van der Waals surface area contributed by atoms with Crippen molar-refractivity contribution in [1.29, 1.82) is 0 Å². The van der Waals surface area contributed by atoms with Crippen LogP contribution < -0.4 is 10.7 Å². The summed E-state index contributed by atoms with van der Waals surface area (Å²) in [6.07, 6.45) is 3.02. The fourth-order valence-corrected chi connectivity index (χ4v) is 4.87. The summed E-state index contributed by atoms with van der Waals surface area (Å²) in [5.41, 5.74) is 0.0997. The van der Waals surface area contributed by atoms with Gasteiger partial charge in [-0.1, -0.05) is 30.3 Å². The average Bonchev–Trinajstić information content (AvgIpc) is 2.79. The highest BCUT2D eigenvalue weighted by Crippen LogP contribution is 2.41. The molecule has 0 spiro atoms. The quantitative estimate of drug-likeness (QED) is 0.718. The van der Waals surface area contributed by atoms with Crippen molar-refractivity contribution in [3.8, 4) is 5.75 Å². The van der Waals surface area contributed by atoms with Crippen molar-refractivity contribution in [1.82, 2.24) is 10.2 Å². The fraction of sp³-hybridized carbons (Fsp3) is 0.520. The van der Waals surface area contributed by atoms with E-state index < -0.39 is 10.8 Å². The monoisotopic (exact) mass is 440 g/mol. The molecule has 2 saturated heterocycles. The maximum absolute atomic E-state index is 13.0. The maximum Gasteiger partial charge on any atom is 0.227 e. The molecule has 0 bridgehead atoms. The Kier molecular flexibility index (Phi) is 6.96. The molecule has 3 heterocycles. The van der Waals surface area contributed by atoms with Gasteiger partial charge in [-0.25, -0.2) is 0 Å². The largest absolute Gasteiger partial charge is 0.502 e. The van der Waals surface area contributed by atoms with Crippen LogP contribution in [0.25, 0.3) is 0 Å². The van der Waals surface area contributed by atoms with E-state index in [2.05, 4.69) is 34.5 Å². The number of ether oxygens (including phenoxy) is 1. The number of amides is 1. The number of likely N-dealkylation sites (tertiary alicyclic amines) is 1. The first kappa shape index (κ1) is 22.6. The van der Waals surface area contributed by atoms with Gasteiger partial charge in [-0.3, -0.25) is 14.5 Å². The smallest absolute Gasteiger partial charge is 0.227 e. The first-order valence-corrected chi connectivity index (χ1v) is 11.4. The van der Waals surface area contributed by atoms with Crippen molar-refractivity contribution >= 4 is 5.91 Å². The van der Waals surface area contributed by atoms with Gasteiger partial charge in [-0.05, 0) is 38.2 Å². The third-order valence-electron chi connectivity index (χ3n) is 6.68. The molecule has 32 heavy (non-hydrogen) atoms. The zero-order valence-corrected chi connectivity index (χ0v) is 18.6. The summed E-state index contributed by atoms with van der Waals surface area (Å²) in [6, 6.07) is 11.8. The molecule has 0 radical (unpaired) electrons. The van der Waals surface area contributed by atoms with E-state index in [-0.39, 0.29) is 29.9 Å². The minimum atomic E-state index is -0.731. The predicted octanol–water partition coefficient (Wildman–Crippen LogP) is 2.87. The van der Waals surface area contributed by atoms with Crippen molar-refractivity contribution in [2.24, 2.45) is 0 Å². The van der Waals surface area contributed by atoms with Gasteiger partial charge in [0.2, 0.25) is 17.1 Å². The molecule has 2 N–H and O–H groups in total. The lowest BCUT2D eigenvalue weighted by Gasteiger charge is -2.37. The third kappa shape index (κ3) is 5.22. The SMILES string of the molecule is Cc1cc(=O)c(O)c(C2(CC(=O)NC3CCN(Cc4ccccc4)CC3)CCOCC2)o1. The lowest BCUT2D eigenvalue weighted by Crippen LogP contribution is -2.47. The topological polar surface area (TPSA) is 92.0 Å². The highest BCUT2D eigenvalue weighted by Gasteiger charge is 2.42. The second kappa shape index (κ2) is 9.88. The second-order valence-electron chi connectivity index (χ2n) is 9.07.